The normalized spacial score (nSPS) is 11.2. The van der Waals surface area contributed by atoms with E-state index >= 15 is 0 Å². The molecule has 0 bridgehead atoms. The summed E-state index contributed by atoms with van der Waals surface area (Å²) in [5.41, 5.74) is 1.40. The Labute approximate surface area is 161 Å². The van der Waals surface area contributed by atoms with Gasteiger partial charge in [0.1, 0.15) is 18.0 Å². The zero-order valence-corrected chi connectivity index (χ0v) is 15.6. The van der Waals surface area contributed by atoms with Gasteiger partial charge < -0.3 is 9.64 Å². The SMILES string of the molecule is CN(CCOc1ccc(Cl)cc1)C(=O)/C=C/c1c(Cl)nc2ccccn12. The van der Waals surface area contributed by atoms with Crippen molar-refractivity contribution in [2.45, 2.75) is 0 Å². The molecule has 134 valence electrons. The van der Waals surface area contributed by atoms with Crippen molar-refractivity contribution in [2.75, 3.05) is 20.2 Å². The van der Waals surface area contributed by atoms with Crippen LogP contribution < -0.4 is 4.74 Å². The van der Waals surface area contributed by atoms with Gasteiger partial charge in [-0.05, 0) is 42.5 Å². The molecule has 0 aliphatic heterocycles. The van der Waals surface area contributed by atoms with Crippen LogP contribution in [0.4, 0.5) is 0 Å². The molecule has 3 aromatic rings. The Morgan fingerprint density at radius 3 is 2.77 bits per heavy atom. The smallest absolute Gasteiger partial charge is 0.246 e. The third-order valence-electron chi connectivity index (χ3n) is 3.79. The Morgan fingerprint density at radius 1 is 1.23 bits per heavy atom. The highest BCUT2D eigenvalue weighted by Gasteiger charge is 2.09. The van der Waals surface area contributed by atoms with E-state index in [9.17, 15) is 4.79 Å². The number of imidazole rings is 1. The quantitative estimate of drug-likeness (QED) is 0.593. The second kappa shape index (κ2) is 8.25. The summed E-state index contributed by atoms with van der Waals surface area (Å²) in [6, 6.07) is 12.7. The first kappa shape index (κ1) is 18.3. The van der Waals surface area contributed by atoms with Crippen LogP contribution in [0.2, 0.25) is 10.2 Å². The van der Waals surface area contributed by atoms with Crippen molar-refractivity contribution in [3.05, 3.63) is 70.6 Å². The number of halogens is 2. The van der Waals surface area contributed by atoms with Gasteiger partial charge in [0.15, 0.2) is 5.15 Å². The van der Waals surface area contributed by atoms with Gasteiger partial charge in [0, 0.05) is 24.3 Å². The van der Waals surface area contributed by atoms with Gasteiger partial charge >= 0.3 is 0 Å². The van der Waals surface area contributed by atoms with Crippen LogP contribution in [0.3, 0.4) is 0 Å². The molecule has 0 aliphatic carbocycles. The maximum absolute atomic E-state index is 12.3. The number of carbonyl (C=O) groups is 1. The molecule has 26 heavy (non-hydrogen) atoms. The molecule has 3 rings (SSSR count). The van der Waals surface area contributed by atoms with Gasteiger partial charge in [0.25, 0.3) is 0 Å². The Kier molecular flexibility index (Phi) is 5.81. The van der Waals surface area contributed by atoms with E-state index in [4.69, 9.17) is 27.9 Å². The van der Waals surface area contributed by atoms with Crippen LogP contribution in [-0.2, 0) is 4.79 Å². The number of likely N-dealkylation sites (N-methyl/N-ethyl adjacent to an activating group) is 1. The summed E-state index contributed by atoms with van der Waals surface area (Å²) in [5.74, 6) is 0.565. The first-order valence-electron chi connectivity index (χ1n) is 7.99. The lowest BCUT2D eigenvalue weighted by Gasteiger charge is -2.15. The second-order valence-corrected chi connectivity index (χ2v) is 6.41. The lowest BCUT2D eigenvalue weighted by Crippen LogP contribution is -2.29. The number of nitrogens with zero attached hydrogens (tertiary/aromatic N) is 3. The summed E-state index contributed by atoms with van der Waals surface area (Å²) in [4.78, 5) is 18.1. The number of amides is 1. The van der Waals surface area contributed by atoms with Gasteiger partial charge in [-0.3, -0.25) is 9.20 Å². The fraction of sp³-hybridized carbons (Fsp3) is 0.158. The first-order chi connectivity index (χ1) is 12.5. The molecule has 0 saturated heterocycles. The molecular weight excluding hydrogens is 373 g/mol. The molecule has 0 N–H and O–H groups in total. The number of fused-ring (bicyclic) bond motifs is 1. The summed E-state index contributed by atoms with van der Waals surface area (Å²) in [5, 5.41) is 1.01. The van der Waals surface area contributed by atoms with Crippen LogP contribution in [-0.4, -0.2) is 40.4 Å². The number of hydrogen-bond acceptors (Lipinski definition) is 3. The van der Waals surface area contributed by atoms with Crippen LogP contribution in [0, 0.1) is 0 Å². The van der Waals surface area contributed by atoms with Crippen LogP contribution in [0.5, 0.6) is 5.75 Å². The van der Waals surface area contributed by atoms with Crippen molar-refractivity contribution in [3.8, 4) is 5.75 Å². The van der Waals surface area contributed by atoms with Gasteiger partial charge in [-0.1, -0.05) is 29.3 Å². The average Bonchev–Trinajstić information content (AvgIpc) is 2.96. The number of pyridine rings is 1. The summed E-state index contributed by atoms with van der Waals surface area (Å²) in [6.07, 6.45) is 4.99. The number of rotatable bonds is 6. The van der Waals surface area contributed by atoms with E-state index in [1.807, 2.05) is 28.8 Å². The molecule has 0 spiro atoms. The summed E-state index contributed by atoms with van der Waals surface area (Å²) in [6.45, 7) is 0.834. The summed E-state index contributed by atoms with van der Waals surface area (Å²) < 4.78 is 7.43. The molecule has 5 nitrogen and oxygen atoms in total. The molecule has 7 heteroatoms. The molecule has 0 atom stereocenters. The zero-order chi connectivity index (χ0) is 18.5. The highest BCUT2D eigenvalue weighted by atomic mass is 35.5. The van der Waals surface area contributed by atoms with E-state index < -0.39 is 0 Å². The molecule has 2 aromatic heterocycles. The van der Waals surface area contributed by atoms with Crippen molar-refractivity contribution in [2.24, 2.45) is 0 Å². The predicted octanol–water partition coefficient (Wildman–Crippen LogP) is 4.19. The number of ether oxygens (including phenoxy) is 1. The van der Waals surface area contributed by atoms with Crippen molar-refractivity contribution in [3.63, 3.8) is 0 Å². The van der Waals surface area contributed by atoms with E-state index in [2.05, 4.69) is 4.98 Å². The lowest BCUT2D eigenvalue weighted by atomic mass is 10.3. The van der Waals surface area contributed by atoms with Gasteiger partial charge in [0.05, 0.1) is 12.2 Å². The minimum Gasteiger partial charge on any atom is -0.492 e. The van der Waals surface area contributed by atoms with Gasteiger partial charge in [-0.2, -0.15) is 0 Å². The third-order valence-corrected chi connectivity index (χ3v) is 4.32. The molecule has 1 aromatic carbocycles. The topological polar surface area (TPSA) is 46.8 Å². The Morgan fingerprint density at radius 2 is 2.00 bits per heavy atom. The number of hydrogen-bond donors (Lipinski definition) is 0. The van der Waals surface area contributed by atoms with Crippen molar-refractivity contribution < 1.29 is 9.53 Å². The second-order valence-electron chi connectivity index (χ2n) is 5.61. The predicted molar refractivity (Wildman–Crippen MR) is 104 cm³/mol. The molecular formula is C19H17Cl2N3O2. The molecule has 0 aliphatic rings. The molecule has 0 fully saturated rings. The maximum atomic E-state index is 12.3. The average molecular weight is 390 g/mol. The standard InChI is InChI=1S/C19H17Cl2N3O2/c1-23(12-13-26-15-7-5-14(20)6-8-15)18(25)10-9-16-19(21)22-17-4-2-3-11-24(16)17/h2-11H,12-13H2,1H3/b10-9+. The summed E-state index contributed by atoms with van der Waals surface area (Å²) in [7, 11) is 1.72. The van der Waals surface area contributed by atoms with Crippen LogP contribution in [0.15, 0.2) is 54.7 Å². The number of benzene rings is 1. The monoisotopic (exact) mass is 389 g/mol. The molecule has 0 unspecified atom stereocenters. The minimum atomic E-state index is -0.147. The van der Waals surface area contributed by atoms with Crippen molar-refractivity contribution in [1.82, 2.24) is 14.3 Å². The van der Waals surface area contributed by atoms with E-state index in [0.29, 0.717) is 34.8 Å². The van der Waals surface area contributed by atoms with Gasteiger partial charge in [0.2, 0.25) is 5.91 Å². The van der Waals surface area contributed by atoms with Gasteiger partial charge in [-0.15, -0.1) is 0 Å². The fourth-order valence-corrected chi connectivity index (χ4v) is 2.72. The van der Waals surface area contributed by atoms with E-state index in [0.717, 1.165) is 5.65 Å². The third kappa shape index (κ3) is 4.36. The summed E-state index contributed by atoms with van der Waals surface area (Å²) >= 11 is 12.0. The minimum absolute atomic E-state index is 0.147. The maximum Gasteiger partial charge on any atom is 0.246 e. The number of aromatic nitrogens is 2. The van der Waals surface area contributed by atoms with Crippen molar-refractivity contribution in [1.29, 1.82) is 0 Å². The van der Waals surface area contributed by atoms with E-state index in [-0.39, 0.29) is 5.91 Å². The molecule has 0 saturated carbocycles. The lowest BCUT2D eigenvalue weighted by molar-refractivity contribution is -0.125. The van der Waals surface area contributed by atoms with Crippen LogP contribution >= 0.6 is 23.2 Å². The Hall–Kier alpha value is -2.50. The van der Waals surface area contributed by atoms with Crippen molar-refractivity contribution >= 4 is 40.8 Å². The van der Waals surface area contributed by atoms with Crippen LogP contribution in [0.25, 0.3) is 11.7 Å². The first-order valence-corrected chi connectivity index (χ1v) is 8.74. The van der Waals surface area contributed by atoms with E-state index in [1.54, 1.807) is 42.3 Å². The molecule has 2 heterocycles. The highest BCUT2D eigenvalue weighted by molar-refractivity contribution is 6.31. The molecule has 1 amide bonds. The molecule has 0 radical (unpaired) electrons. The van der Waals surface area contributed by atoms with Crippen LogP contribution in [0.1, 0.15) is 5.69 Å². The Balaban J connectivity index is 1.57. The zero-order valence-electron chi connectivity index (χ0n) is 14.1. The Bertz CT molecular complexity index is 936. The number of carbonyl (C=O) groups excluding carboxylic acids is 1. The highest BCUT2D eigenvalue weighted by Crippen LogP contribution is 2.19. The fourth-order valence-electron chi connectivity index (χ4n) is 2.35. The largest absolute Gasteiger partial charge is 0.492 e. The van der Waals surface area contributed by atoms with Gasteiger partial charge in [-0.25, -0.2) is 4.98 Å². The van der Waals surface area contributed by atoms with E-state index in [1.165, 1.54) is 6.08 Å².